The van der Waals surface area contributed by atoms with Crippen molar-refractivity contribution < 1.29 is 0 Å². The van der Waals surface area contributed by atoms with Crippen molar-refractivity contribution in [2.75, 3.05) is 19.8 Å². The Morgan fingerprint density at radius 1 is 1.40 bits per heavy atom. The predicted octanol–water partition coefficient (Wildman–Crippen LogP) is 2.07. The molecule has 10 heavy (non-hydrogen) atoms. The highest BCUT2D eigenvalue weighted by atomic mass is 35.5. The average Bonchev–Trinajstić information content (AvgIpc) is 1.82. The smallest absolute Gasteiger partial charge is 0.0177 e. The van der Waals surface area contributed by atoms with Gasteiger partial charge in [0.2, 0.25) is 0 Å². The molecule has 0 saturated carbocycles. The normalized spacial score (nSPS) is 12.9. The molecular formula is C7H18ClNS. The summed E-state index contributed by atoms with van der Waals surface area (Å²) in [5, 5.41) is 0. The molecule has 0 N–H and O–H groups in total. The zero-order chi connectivity index (χ0) is 7.28. The Bertz CT molecular complexity index is 68.6. The number of rotatable bonds is 4. The Morgan fingerprint density at radius 3 is 2.00 bits per heavy atom. The standard InChI is InChI=1S/C7H17NS.ClH/c1-4-5-7(6-9)8(2)3;/h7,9H,4-6H2,1-3H3;1H. The van der Waals surface area contributed by atoms with Crippen LogP contribution in [0.1, 0.15) is 19.8 Å². The van der Waals surface area contributed by atoms with E-state index in [4.69, 9.17) is 0 Å². The lowest BCUT2D eigenvalue weighted by atomic mass is 10.2. The largest absolute Gasteiger partial charge is 0.306 e. The second-order valence-electron chi connectivity index (χ2n) is 2.59. The molecule has 0 aromatic rings. The maximum absolute atomic E-state index is 4.25. The van der Waals surface area contributed by atoms with Crippen LogP contribution in [0.4, 0.5) is 0 Å². The van der Waals surface area contributed by atoms with E-state index in [0.717, 1.165) is 5.75 Å². The molecule has 0 rings (SSSR count). The van der Waals surface area contributed by atoms with Crippen molar-refractivity contribution in [1.29, 1.82) is 0 Å². The van der Waals surface area contributed by atoms with Crippen LogP contribution in [0.25, 0.3) is 0 Å². The molecule has 1 nitrogen and oxygen atoms in total. The molecule has 0 fully saturated rings. The van der Waals surface area contributed by atoms with Gasteiger partial charge in [-0.15, -0.1) is 12.4 Å². The third-order valence-corrected chi connectivity index (χ3v) is 1.98. The average molecular weight is 184 g/mol. The lowest BCUT2D eigenvalue weighted by Gasteiger charge is -2.21. The van der Waals surface area contributed by atoms with Gasteiger partial charge in [0, 0.05) is 11.8 Å². The Morgan fingerprint density at radius 2 is 1.90 bits per heavy atom. The van der Waals surface area contributed by atoms with Crippen LogP contribution in [0.2, 0.25) is 0 Å². The Balaban J connectivity index is 0. The topological polar surface area (TPSA) is 3.24 Å². The van der Waals surface area contributed by atoms with Crippen LogP contribution in [0, 0.1) is 0 Å². The van der Waals surface area contributed by atoms with E-state index in [1.165, 1.54) is 12.8 Å². The molecular weight excluding hydrogens is 166 g/mol. The summed E-state index contributed by atoms with van der Waals surface area (Å²) in [7, 11) is 4.22. The lowest BCUT2D eigenvalue weighted by molar-refractivity contribution is 0.302. The summed E-state index contributed by atoms with van der Waals surface area (Å²) in [6.45, 7) is 2.21. The minimum atomic E-state index is 0. The van der Waals surface area contributed by atoms with E-state index in [1.807, 2.05) is 0 Å². The molecule has 0 amide bonds. The van der Waals surface area contributed by atoms with Crippen molar-refractivity contribution in [2.24, 2.45) is 0 Å². The Kier molecular flexibility index (Phi) is 10.2. The van der Waals surface area contributed by atoms with Crippen LogP contribution in [0.3, 0.4) is 0 Å². The quantitative estimate of drug-likeness (QED) is 0.654. The summed E-state index contributed by atoms with van der Waals surface area (Å²) < 4.78 is 0. The number of hydrogen-bond donors (Lipinski definition) is 1. The van der Waals surface area contributed by atoms with Gasteiger partial charge in [-0.25, -0.2) is 0 Å². The van der Waals surface area contributed by atoms with Gasteiger partial charge in [-0.3, -0.25) is 0 Å². The summed E-state index contributed by atoms with van der Waals surface area (Å²) in [6.07, 6.45) is 2.51. The van der Waals surface area contributed by atoms with Gasteiger partial charge in [0.15, 0.2) is 0 Å². The first-order chi connectivity index (χ1) is 4.22. The second-order valence-corrected chi connectivity index (χ2v) is 2.95. The molecule has 64 valence electrons. The lowest BCUT2D eigenvalue weighted by Crippen LogP contribution is -2.29. The van der Waals surface area contributed by atoms with Gasteiger partial charge in [-0.05, 0) is 20.5 Å². The minimum Gasteiger partial charge on any atom is -0.306 e. The summed E-state index contributed by atoms with van der Waals surface area (Å²) in [4.78, 5) is 2.23. The fourth-order valence-electron chi connectivity index (χ4n) is 0.846. The fourth-order valence-corrected chi connectivity index (χ4v) is 1.36. The van der Waals surface area contributed by atoms with Gasteiger partial charge in [0.1, 0.15) is 0 Å². The van der Waals surface area contributed by atoms with Crippen molar-refractivity contribution >= 4 is 25.0 Å². The van der Waals surface area contributed by atoms with Crippen LogP contribution < -0.4 is 0 Å². The monoisotopic (exact) mass is 183 g/mol. The zero-order valence-electron chi connectivity index (χ0n) is 7.00. The molecule has 0 aromatic carbocycles. The van der Waals surface area contributed by atoms with E-state index in [0.29, 0.717) is 6.04 Å². The summed E-state index contributed by atoms with van der Waals surface area (Å²) >= 11 is 4.25. The first-order valence-corrected chi connectivity index (χ1v) is 4.12. The third kappa shape index (κ3) is 5.39. The fraction of sp³-hybridized carbons (Fsp3) is 1.00. The van der Waals surface area contributed by atoms with Crippen LogP contribution >= 0.6 is 25.0 Å². The summed E-state index contributed by atoms with van der Waals surface area (Å²) in [6, 6.07) is 0.665. The first kappa shape index (κ1) is 13.2. The van der Waals surface area contributed by atoms with Crippen LogP contribution in [-0.2, 0) is 0 Å². The van der Waals surface area contributed by atoms with E-state index in [2.05, 4.69) is 38.5 Å². The maximum atomic E-state index is 4.25. The molecule has 1 unspecified atom stereocenters. The van der Waals surface area contributed by atoms with Crippen molar-refractivity contribution in [1.82, 2.24) is 4.90 Å². The highest BCUT2D eigenvalue weighted by Gasteiger charge is 2.05. The van der Waals surface area contributed by atoms with Crippen LogP contribution in [-0.4, -0.2) is 30.8 Å². The highest BCUT2D eigenvalue weighted by molar-refractivity contribution is 7.80. The van der Waals surface area contributed by atoms with Crippen molar-refractivity contribution in [3.63, 3.8) is 0 Å². The van der Waals surface area contributed by atoms with Gasteiger partial charge in [-0.1, -0.05) is 13.3 Å². The van der Waals surface area contributed by atoms with Crippen LogP contribution in [0.5, 0.6) is 0 Å². The second kappa shape index (κ2) is 7.70. The van der Waals surface area contributed by atoms with Crippen molar-refractivity contribution in [2.45, 2.75) is 25.8 Å². The number of halogens is 1. The zero-order valence-corrected chi connectivity index (χ0v) is 8.71. The maximum Gasteiger partial charge on any atom is 0.0177 e. The van der Waals surface area contributed by atoms with Gasteiger partial charge in [0.25, 0.3) is 0 Å². The number of hydrogen-bond acceptors (Lipinski definition) is 2. The molecule has 0 spiro atoms. The number of thiol groups is 1. The summed E-state index contributed by atoms with van der Waals surface area (Å²) in [5.41, 5.74) is 0. The Hall–Kier alpha value is 0.600. The molecule has 1 atom stereocenters. The molecule has 0 aliphatic heterocycles. The first-order valence-electron chi connectivity index (χ1n) is 3.49. The highest BCUT2D eigenvalue weighted by Crippen LogP contribution is 2.03. The van der Waals surface area contributed by atoms with E-state index in [9.17, 15) is 0 Å². The van der Waals surface area contributed by atoms with Crippen molar-refractivity contribution in [3.8, 4) is 0 Å². The van der Waals surface area contributed by atoms with Gasteiger partial charge < -0.3 is 4.90 Å². The molecule has 0 aromatic heterocycles. The molecule has 0 radical (unpaired) electrons. The Labute approximate surface area is 76.0 Å². The SMILES string of the molecule is CCCC(CS)N(C)C.Cl. The molecule has 0 bridgehead atoms. The van der Waals surface area contributed by atoms with Gasteiger partial charge >= 0.3 is 0 Å². The van der Waals surface area contributed by atoms with Crippen LogP contribution in [0.15, 0.2) is 0 Å². The predicted molar refractivity (Wildman–Crippen MR) is 53.5 cm³/mol. The van der Waals surface area contributed by atoms with Crippen molar-refractivity contribution in [3.05, 3.63) is 0 Å². The van der Waals surface area contributed by atoms with Gasteiger partial charge in [-0.2, -0.15) is 12.6 Å². The van der Waals surface area contributed by atoms with E-state index >= 15 is 0 Å². The van der Waals surface area contributed by atoms with Gasteiger partial charge in [0.05, 0.1) is 0 Å². The number of nitrogens with zero attached hydrogens (tertiary/aromatic N) is 1. The third-order valence-electron chi connectivity index (χ3n) is 1.56. The van der Waals surface area contributed by atoms with E-state index < -0.39 is 0 Å². The summed E-state index contributed by atoms with van der Waals surface area (Å²) in [5.74, 6) is 0.973. The molecule has 0 saturated heterocycles. The minimum absolute atomic E-state index is 0. The molecule has 3 heteroatoms. The van der Waals surface area contributed by atoms with E-state index in [-0.39, 0.29) is 12.4 Å². The molecule has 0 aliphatic carbocycles. The molecule has 0 heterocycles. The molecule has 0 aliphatic rings. The van der Waals surface area contributed by atoms with E-state index in [1.54, 1.807) is 0 Å².